The normalized spacial score (nSPS) is 13.3. The number of pyridine rings is 2. The number of hydrogen-bond acceptors (Lipinski definition) is 8. The topological polar surface area (TPSA) is 116 Å². The highest BCUT2D eigenvalue weighted by Crippen LogP contribution is 2.36. The molecule has 212 valence electrons. The van der Waals surface area contributed by atoms with Gasteiger partial charge in [0.25, 0.3) is 5.56 Å². The molecule has 11 heteroatoms. The first-order valence-electron chi connectivity index (χ1n) is 13.7. The zero-order chi connectivity index (χ0) is 29.4. The van der Waals surface area contributed by atoms with Gasteiger partial charge in [-0.05, 0) is 57.0 Å². The van der Waals surface area contributed by atoms with Gasteiger partial charge in [-0.15, -0.1) is 10.2 Å². The summed E-state index contributed by atoms with van der Waals surface area (Å²) in [5.74, 6) is 2.03. The van der Waals surface area contributed by atoms with Crippen molar-refractivity contribution >= 4 is 22.9 Å². The number of nitrogens with zero attached hydrogens (tertiary/aromatic N) is 9. The largest absolute Gasteiger partial charge is 0.481 e. The molecule has 1 aliphatic rings. The molecule has 4 aromatic heterocycles. The molecule has 1 aromatic carbocycles. The van der Waals surface area contributed by atoms with E-state index >= 15 is 0 Å². The summed E-state index contributed by atoms with van der Waals surface area (Å²) < 4.78 is 8.63. The van der Waals surface area contributed by atoms with E-state index in [0.717, 1.165) is 35.4 Å². The summed E-state index contributed by atoms with van der Waals surface area (Å²) >= 11 is 0. The third-order valence-corrected chi connectivity index (χ3v) is 7.30. The molecule has 0 radical (unpaired) electrons. The van der Waals surface area contributed by atoms with E-state index in [4.69, 9.17) is 9.72 Å². The first-order valence-corrected chi connectivity index (χ1v) is 13.7. The van der Waals surface area contributed by atoms with E-state index in [1.54, 1.807) is 38.1 Å². The van der Waals surface area contributed by atoms with Gasteiger partial charge in [-0.25, -0.2) is 19.9 Å². The van der Waals surface area contributed by atoms with Gasteiger partial charge in [0.05, 0.1) is 30.0 Å². The Morgan fingerprint density at radius 3 is 2.71 bits per heavy atom. The van der Waals surface area contributed by atoms with Gasteiger partial charge in [-0.2, -0.15) is 0 Å². The van der Waals surface area contributed by atoms with Crippen molar-refractivity contribution in [2.75, 3.05) is 19.1 Å². The van der Waals surface area contributed by atoms with Gasteiger partial charge in [-0.1, -0.05) is 12.6 Å². The number of fused-ring (bicyclic) bond motifs is 1. The van der Waals surface area contributed by atoms with E-state index in [2.05, 4.69) is 31.7 Å². The number of aromatic nitrogens is 7. The molecule has 1 fully saturated rings. The summed E-state index contributed by atoms with van der Waals surface area (Å²) in [4.78, 5) is 34.2. The fourth-order valence-corrected chi connectivity index (χ4v) is 4.73. The molecule has 4 heterocycles. The van der Waals surface area contributed by atoms with Crippen LogP contribution < -0.4 is 15.2 Å². The fraction of sp³-hybridized carbons (Fsp3) is 0.258. The Kier molecular flexibility index (Phi) is 7.07. The first-order chi connectivity index (χ1) is 20.3. The van der Waals surface area contributed by atoms with Crippen molar-refractivity contribution in [2.24, 2.45) is 10.9 Å². The van der Waals surface area contributed by atoms with Gasteiger partial charge in [0, 0.05) is 48.1 Å². The van der Waals surface area contributed by atoms with Crippen LogP contribution in [0.2, 0.25) is 0 Å². The average Bonchev–Trinajstić information content (AvgIpc) is 3.75. The molecule has 0 aliphatic heterocycles. The Labute approximate surface area is 242 Å². The first kappa shape index (κ1) is 27.0. The van der Waals surface area contributed by atoms with Crippen molar-refractivity contribution in [1.29, 1.82) is 0 Å². The third kappa shape index (κ3) is 5.16. The smallest absolute Gasteiger partial charge is 0.267 e. The van der Waals surface area contributed by atoms with Crippen LogP contribution in [0, 0.1) is 5.92 Å². The molecule has 0 atom stereocenters. The van der Waals surface area contributed by atoms with Crippen molar-refractivity contribution < 1.29 is 4.74 Å². The lowest BCUT2D eigenvalue weighted by Gasteiger charge is -2.19. The second-order valence-electron chi connectivity index (χ2n) is 10.6. The van der Waals surface area contributed by atoms with Crippen molar-refractivity contribution in [3.05, 3.63) is 83.9 Å². The second-order valence-corrected chi connectivity index (χ2v) is 10.6. The zero-order valence-corrected chi connectivity index (χ0v) is 24.0. The SMILES string of the molecule is C=C(/N=C\N(C)c1cc2c(=O)n(-c3cccc(-c4nncn4C(C)C)n3)cnc2cc1-c1ccc(OC)nc1)C1CC1. The zero-order valence-electron chi connectivity index (χ0n) is 24.0. The van der Waals surface area contributed by atoms with E-state index in [1.165, 1.54) is 10.9 Å². The number of hydrogen-bond donors (Lipinski definition) is 0. The molecule has 6 rings (SSSR count). The fourth-order valence-electron chi connectivity index (χ4n) is 4.73. The lowest BCUT2D eigenvalue weighted by Crippen LogP contribution is -2.21. The summed E-state index contributed by atoms with van der Waals surface area (Å²) in [6.07, 6.45) is 8.90. The summed E-state index contributed by atoms with van der Waals surface area (Å²) in [6, 6.07) is 13.1. The minimum atomic E-state index is -0.247. The highest BCUT2D eigenvalue weighted by atomic mass is 16.5. The Hall–Kier alpha value is -5.19. The maximum absolute atomic E-state index is 13.9. The maximum Gasteiger partial charge on any atom is 0.267 e. The molecule has 0 unspecified atom stereocenters. The minimum Gasteiger partial charge on any atom is -0.481 e. The van der Waals surface area contributed by atoms with E-state index in [0.29, 0.717) is 40.0 Å². The lowest BCUT2D eigenvalue weighted by atomic mass is 10.0. The molecule has 11 nitrogen and oxygen atoms in total. The number of anilines is 1. The summed E-state index contributed by atoms with van der Waals surface area (Å²) in [5.41, 5.74) is 4.24. The molecule has 0 amide bonds. The molecule has 0 saturated heterocycles. The van der Waals surface area contributed by atoms with Crippen molar-refractivity contribution in [1.82, 2.24) is 34.3 Å². The van der Waals surface area contributed by atoms with Crippen LogP contribution in [-0.2, 0) is 0 Å². The number of benzene rings is 1. The van der Waals surface area contributed by atoms with Crippen molar-refractivity contribution in [3.8, 4) is 34.3 Å². The molecule has 0 bridgehead atoms. The van der Waals surface area contributed by atoms with Gasteiger partial charge in [0.1, 0.15) is 24.2 Å². The van der Waals surface area contributed by atoms with E-state index in [9.17, 15) is 4.79 Å². The van der Waals surface area contributed by atoms with Crippen LogP contribution in [0.15, 0.2) is 83.4 Å². The summed E-state index contributed by atoms with van der Waals surface area (Å²) in [5, 5.41) is 8.74. The number of allylic oxidation sites excluding steroid dienone is 1. The number of aliphatic imine (C=N–C) groups is 1. The van der Waals surface area contributed by atoms with Gasteiger partial charge in [0.2, 0.25) is 5.88 Å². The van der Waals surface area contributed by atoms with E-state index in [1.807, 2.05) is 60.7 Å². The summed E-state index contributed by atoms with van der Waals surface area (Å²) in [7, 11) is 3.48. The number of methoxy groups -OCH3 is 1. The number of ether oxygens (including phenoxy) is 1. The van der Waals surface area contributed by atoms with Gasteiger partial charge < -0.3 is 14.2 Å². The third-order valence-electron chi connectivity index (χ3n) is 7.30. The highest BCUT2D eigenvalue weighted by Gasteiger charge is 2.24. The van der Waals surface area contributed by atoms with Gasteiger partial charge in [-0.3, -0.25) is 9.36 Å². The highest BCUT2D eigenvalue weighted by molar-refractivity contribution is 5.96. The van der Waals surface area contributed by atoms with Gasteiger partial charge >= 0.3 is 0 Å². The van der Waals surface area contributed by atoms with Crippen LogP contribution >= 0.6 is 0 Å². The predicted octanol–water partition coefficient (Wildman–Crippen LogP) is 5.08. The van der Waals surface area contributed by atoms with Crippen LogP contribution in [0.4, 0.5) is 5.69 Å². The van der Waals surface area contributed by atoms with Crippen LogP contribution in [0.25, 0.3) is 39.4 Å². The van der Waals surface area contributed by atoms with Crippen LogP contribution in [0.5, 0.6) is 5.88 Å². The second kappa shape index (κ2) is 11.0. The molecule has 1 saturated carbocycles. The standard InChI is InChI=1S/C31H31N9O2/c1-19(2)39-18-35-37-30(39)25-7-6-8-28(36-25)40-17-34-26-13-23(22-11-12-29(42-5)32-15-22)27(14-24(26)31(40)41)38(4)16-33-20(3)21-9-10-21/h6-8,11-19,21H,3,9-10H2,1-2,4-5H3/b33-16-. The Balaban J connectivity index is 1.46. The number of rotatable bonds is 9. The molecule has 5 aromatic rings. The average molecular weight is 562 g/mol. The maximum atomic E-state index is 13.9. The molecule has 0 N–H and O–H groups in total. The predicted molar refractivity (Wildman–Crippen MR) is 163 cm³/mol. The monoisotopic (exact) mass is 561 g/mol. The molecular formula is C31H31N9O2. The molecular weight excluding hydrogens is 530 g/mol. The minimum absolute atomic E-state index is 0.154. The Morgan fingerprint density at radius 2 is 2.00 bits per heavy atom. The van der Waals surface area contributed by atoms with Crippen molar-refractivity contribution in [3.63, 3.8) is 0 Å². The van der Waals surface area contributed by atoms with Crippen LogP contribution in [-0.4, -0.2) is 54.8 Å². The van der Waals surface area contributed by atoms with Gasteiger partial charge in [0.15, 0.2) is 5.82 Å². The summed E-state index contributed by atoms with van der Waals surface area (Å²) in [6.45, 7) is 8.20. The van der Waals surface area contributed by atoms with E-state index in [-0.39, 0.29) is 11.6 Å². The quantitative estimate of drug-likeness (QED) is 0.181. The Bertz CT molecular complexity index is 1870. The lowest BCUT2D eigenvalue weighted by molar-refractivity contribution is 0.398. The molecule has 42 heavy (non-hydrogen) atoms. The molecule has 1 aliphatic carbocycles. The Morgan fingerprint density at radius 1 is 1.17 bits per heavy atom. The van der Waals surface area contributed by atoms with Crippen LogP contribution in [0.3, 0.4) is 0 Å². The molecule has 0 spiro atoms. The van der Waals surface area contributed by atoms with Crippen molar-refractivity contribution in [2.45, 2.75) is 32.7 Å². The van der Waals surface area contributed by atoms with E-state index < -0.39 is 0 Å². The van der Waals surface area contributed by atoms with Crippen LogP contribution in [0.1, 0.15) is 32.7 Å².